The Kier molecular flexibility index (Phi) is 16.0. The number of unbranched alkanes of at least 4 members (excludes halogenated alkanes) is 2. The summed E-state index contributed by atoms with van der Waals surface area (Å²) in [6.45, 7) is 14.0. The minimum Gasteiger partial charge on any atom is -0.382 e. The summed E-state index contributed by atoms with van der Waals surface area (Å²) in [6.07, 6.45) is 9.79. The average molecular weight is 917 g/mol. The Bertz CT molecular complexity index is 2450. The van der Waals surface area contributed by atoms with Gasteiger partial charge in [0.05, 0.1) is 43.3 Å². The van der Waals surface area contributed by atoms with Gasteiger partial charge >= 0.3 is 5.97 Å². The molecule has 0 bridgehead atoms. The summed E-state index contributed by atoms with van der Waals surface area (Å²) in [5.41, 5.74) is 7.62. The van der Waals surface area contributed by atoms with Crippen LogP contribution in [0.2, 0.25) is 0 Å². The van der Waals surface area contributed by atoms with Gasteiger partial charge < -0.3 is 28.7 Å². The van der Waals surface area contributed by atoms with Gasteiger partial charge in [-0.05, 0) is 101 Å². The highest BCUT2D eigenvalue weighted by molar-refractivity contribution is 7.85. The second-order valence-corrected chi connectivity index (χ2v) is 18.9. The highest BCUT2D eigenvalue weighted by atomic mass is 32.2. The van der Waals surface area contributed by atoms with Crippen molar-refractivity contribution >= 4 is 50.8 Å². The second-order valence-electron chi connectivity index (χ2n) is 17.5. The number of fused-ring (bicyclic) bond motifs is 2. The molecule has 6 rings (SSSR count). The first-order valence-electron chi connectivity index (χ1n) is 22.2. The molecule has 65 heavy (non-hydrogen) atoms. The molecular weight excluding hydrogens is 855 g/mol. The number of imide groups is 1. The maximum absolute atomic E-state index is 14.0. The summed E-state index contributed by atoms with van der Waals surface area (Å²) >= 11 is 0. The fourth-order valence-electron chi connectivity index (χ4n) is 9.05. The third kappa shape index (κ3) is 10.8. The summed E-state index contributed by atoms with van der Waals surface area (Å²) in [7, 11) is -1.31. The van der Waals surface area contributed by atoms with Crippen LogP contribution >= 0.6 is 0 Å². The largest absolute Gasteiger partial charge is 0.382 e. The number of allylic oxidation sites excluding steroid dienone is 8. The number of hydrogen-bond acceptors (Lipinski definition) is 12. The molecule has 1 fully saturated rings. The van der Waals surface area contributed by atoms with Crippen LogP contribution in [0.3, 0.4) is 0 Å². The van der Waals surface area contributed by atoms with E-state index in [1.807, 2.05) is 38.2 Å². The first kappa shape index (κ1) is 49.3. The van der Waals surface area contributed by atoms with Gasteiger partial charge in [0.25, 0.3) is 21.9 Å². The van der Waals surface area contributed by atoms with E-state index in [0.717, 1.165) is 28.4 Å². The summed E-state index contributed by atoms with van der Waals surface area (Å²) in [5, 5.41) is 0.542. The van der Waals surface area contributed by atoms with Crippen LogP contribution in [0.1, 0.15) is 89.3 Å². The summed E-state index contributed by atoms with van der Waals surface area (Å²) < 4.78 is 59.3. The number of amides is 2. The Balaban J connectivity index is 1.29. The molecule has 0 saturated carbocycles. The van der Waals surface area contributed by atoms with Crippen LogP contribution in [0, 0.1) is 6.92 Å². The number of hydroxylamine groups is 2. The van der Waals surface area contributed by atoms with Gasteiger partial charge in [-0.1, -0.05) is 24.5 Å². The molecule has 4 aliphatic rings. The highest BCUT2D eigenvalue weighted by Crippen LogP contribution is 2.51. The molecule has 350 valence electrons. The zero-order chi connectivity index (χ0) is 47.1. The van der Waals surface area contributed by atoms with Crippen LogP contribution in [0.5, 0.6) is 0 Å². The molecule has 1 unspecified atom stereocenters. The Morgan fingerprint density at radius 3 is 2.18 bits per heavy atom. The number of Topliss-reactive ketones (excluding diaryl/α,β-unsaturated/α-hetero) is 1. The Hall–Kier alpha value is -5.10. The van der Waals surface area contributed by atoms with Gasteiger partial charge in [0.2, 0.25) is 5.69 Å². The van der Waals surface area contributed by atoms with E-state index in [9.17, 15) is 32.1 Å². The molecule has 1 atom stereocenters. The Morgan fingerprint density at radius 1 is 0.831 bits per heavy atom. The fraction of sp³-hybridized carbons (Fsp3) is 0.490. The lowest BCUT2D eigenvalue weighted by molar-refractivity contribution is -0.442. The molecule has 16 heteroatoms. The van der Waals surface area contributed by atoms with Crippen molar-refractivity contribution in [1.82, 2.24) is 5.06 Å². The molecule has 3 aliphatic heterocycles. The predicted molar refractivity (Wildman–Crippen MR) is 244 cm³/mol. The molecule has 0 spiro atoms. The number of aryl methyl sites for hydroxylation is 1. The van der Waals surface area contributed by atoms with Crippen LogP contribution in [0.4, 0.5) is 11.4 Å². The number of carbonyl (C=O) groups is 4. The number of ketones is 1. The molecule has 0 radical (unpaired) electrons. The van der Waals surface area contributed by atoms with Crippen molar-refractivity contribution < 1.29 is 60.5 Å². The SMILES string of the molecule is COCCOCCN1C(=CC=C2C(=O)C(C=CC3=[N+](CCOCCOC)c4ccc(C)cc4C3(C)C)=C2C)C(C)(CCCCCC(=O)ON2C(=O)CCC2=O)c2cc(S(=O)(=O)O)ccc21. The molecule has 1 N–H and O–H groups in total. The molecule has 2 aromatic carbocycles. The van der Waals surface area contributed by atoms with Gasteiger partial charge in [-0.2, -0.15) is 13.0 Å². The van der Waals surface area contributed by atoms with Crippen molar-refractivity contribution in [2.75, 3.05) is 71.9 Å². The molecule has 2 aromatic rings. The van der Waals surface area contributed by atoms with Crippen LogP contribution in [-0.2, 0) is 63.9 Å². The fourth-order valence-corrected chi connectivity index (χ4v) is 9.56. The Labute approximate surface area is 382 Å². The number of benzene rings is 2. The molecular formula is C49H62N3O12S+. The maximum Gasteiger partial charge on any atom is 0.333 e. The lowest BCUT2D eigenvalue weighted by Crippen LogP contribution is -2.32. The number of carbonyl (C=O) groups excluding carboxylic acids is 4. The number of anilines is 1. The van der Waals surface area contributed by atoms with Crippen molar-refractivity contribution in [2.45, 2.75) is 95.3 Å². The normalized spacial score (nSPS) is 20.6. The minimum atomic E-state index is -4.55. The summed E-state index contributed by atoms with van der Waals surface area (Å²) in [6, 6.07) is 11.0. The number of rotatable bonds is 23. The zero-order valence-corrected chi connectivity index (χ0v) is 39.4. The van der Waals surface area contributed by atoms with E-state index in [1.54, 1.807) is 20.3 Å². The van der Waals surface area contributed by atoms with E-state index in [2.05, 4.69) is 48.4 Å². The molecule has 1 aliphatic carbocycles. The second kappa shape index (κ2) is 21.0. The topological polar surface area (TPSA) is 178 Å². The number of ether oxygens (including phenoxy) is 4. The van der Waals surface area contributed by atoms with Crippen LogP contribution in [-0.4, -0.2) is 119 Å². The first-order chi connectivity index (χ1) is 30.9. The van der Waals surface area contributed by atoms with Crippen molar-refractivity contribution in [1.29, 1.82) is 0 Å². The van der Waals surface area contributed by atoms with E-state index in [1.165, 1.54) is 23.3 Å². The maximum atomic E-state index is 14.0. The van der Waals surface area contributed by atoms with Crippen molar-refractivity contribution in [3.05, 3.63) is 99.8 Å². The van der Waals surface area contributed by atoms with Gasteiger partial charge in [0.15, 0.2) is 18.0 Å². The molecule has 2 amide bonds. The monoisotopic (exact) mass is 916 g/mol. The third-order valence-electron chi connectivity index (χ3n) is 12.7. The smallest absolute Gasteiger partial charge is 0.333 e. The third-order valence-corrected chi connectivity index (χ3v) is 13.6. The van der Waals surface area contributed by atoms with E-state index >= 15 is 0 Å². The standard InChI is InChI=1S/C49H61N3O12S/c1-33-12-16-40-38(31-33)48(3,4)42(50(40)23-25-62-29-27-60-6)18-14-36-34(2)37(47(36)56)15-19-43-49(5,22-10-8-9-11-46(55)64-52-44(53)20-21-45(52)54)39-32-35(65(57,58)59)13-17-41(39)51(43)24-26-63-30-28-61-7/h12-19,31-32H,8-11,20-30H2,1-7H3/p+1. The number of nitrogens with zero attached hydrogens (tertiary/aromatic N) is 3. The van der Waals surface area contributed by atoms with Crippen molar-refractivity contribution in [2.24, 2.45) is 0 Å². The summed E-state index contributed by atoms with van der Waals surface area (Å²) in [4.78, 5) is 57.2. The number of methoxy groups -OCH3 is 2. The van der Waals surface area contributed by atoms with Crippen molar-refractivity contribution in [3.63, 3.8) is 0 Å². The van der Waals surface area contributed by atoms with Gasteiger partial charge in [-0.15, -0.1) is 5.06 Å². The molecule has 1 saturated heterocycles. The van der Waals surface area contributed by atoms with E-state index < -0.39 is 33.3 Å². The van der Waals surface area contributed by atoms with Crippen molar-refractivity contribution in [3.8, 4) is 0 Å². The molecule has 0 aromatic heterocycles. The quantitative estimate of drug-likeness (QED) is 0.0418. The average Bonchev–Trinajstić information content (AvgIpc) is 3.78. The van der Waals surface area contributed by atoms with E-state index in [4.69, 9.17) is 23.8 Å². The van der Waals surface area contributed by atoms with Crippen LogP contribution in [0.25, 0.3) is 0 Å². The predicted octanol–water partition coefficient (Wildman–Crippen LogP) is 6.55. The van der Waals surface area contributed by atoms with Gasteiger partial charge in [0.1, 0.15) is 6.61 Å². The van der Waals surface area contributed by atoms with E-state index in [0.29, 0.717) is 100 Å². The summed E-state index contributed by atoms with van der Waals surface area (Å²) in [5.74, 6) is -1.85. The van der Waals surface area contributed by atoms with Gasteiger partial charge in [-0.25, -0.2) is 4.79 Å². The van der Waals surface area contributed by atoms with E-state index in [-0.39, 0.29) is 35.4 Å². The van der Waals surface area contributed by atoms with Gasteiger partial charge in [-0.3, -0.25) is 18.9 Å². The molecule has 15 nitrogen and oxygen atoms in total. The van der Waals surface area contributed by atoms with Crippen LogP contribution < -0.4 is 4.90 Å². The lowest BCUT2D eigenvalue weighted by Gasteiger charge is -2.31. The Morgan fingerprint density at radius 2 is 1.52 bits per heavy atom. The zero-order valence-electron chi connectivity index (χ0n) is 38.6. The minimum absolute atomic E-state index is 0.00775. The lowest BCUT2D eigenvalue weighted by atomic mass is 9.76. The number of hydrogen-bond donors (Lipinski definition) is 1. The molecule has 3 heterocycles. The van der Waals surface area contributed by atoms with Gasteiger partial charge in [0, 0.05) is 85.7 Å². The van der Waals surface area contributed by atoms with Crippen LogP contribution in [0.15, 0.2) is 88.0 Å². The highest BCUT2D eigenvalue weighted by Gasteiger charge is 2.46. The first-order valence-corrected chi connectivity index (χ1v) is 23.6.